The Morgan fingerprint density at radius 1 is 1.11 bits per heavy atom. The van der Waals surface area contributed by atoms with Gasteiger partial charge < -0.3 is 24.4 Å². The summed E-state index contributed by atoms with van der Waals surface area (Å²) >= 11 is 0. The van der Waals surface area contributed by atoms with E-state index in [4.69, 9.17) is 9.47 Å². The molecule has 8 nitrogen and oxygen atoms in total. The second-order valence-corrected chi connectivity index (χ2v) is 11.7. The van der Waals surface area contributed by atoms with Crippen LogP contribution in [0.4, 0.5) is 0 Å². The Hall–Kier alpha value is -2.19. The van der Waals surface area contributed by atoms with Crippen molar-refractivity contribution in [3.05, 3.63) is 24.3 Å². The van der Waals surface area contributed by atoms with Crippen molar-refractivity contribution in [2.75, 3.05) is 19.8 Å². The number of carbonyl (C=O) groups is 3. The number of rotatable bonds is 5. The number of carbonyl (C=O) groups excluding carboxylic acids is 3. The maximum Gasteiger partial charge on any atom is 0.313 e. The lowest BCUT2D eigenvalue weighted by atomic mass is 9.73. The first-order chi connectivity index (χ1) is 17.0. The molecule has 200 valence electrons. The smallest absolute Gasteiger partial charge is 0.313 e. The van der Waals surface area contributed by atoms with Crippen molar-refractivity contribution >= 4 is 17.8 Å². The third-order valence-electron chi connectivity index (χ3n) is 8.73. The van der Waals surface area contributed by atoms with E-state index in [1.165, 1.54) is 0 Å². The van der Waals surface area contributed by atoms with Crippen molar-refractivity contribution in [1.29, 1.82) is 0 Å². The van der Waals surface area contributed by atoms with Gasteiger partial charge in [0.15, 0.2) is 0 Å². The molecule has 4 rings (SSSR count). The van der Waals surface area contributed by atoms with Gasteiger partial charge in [-0.2, -0.15) is 0 Å². The van der Waals surface area contributed by atoms with E-state index in [9.17, 15) is 19.5 Å². The maximum atomic E-state index is 14.4. The molecular formula is C28H42N2O6. The Labute approximate surface area is 214 Å². The van der Waals surface area contributed by atoms with E-state index in [0.717, 1.165) is 12.8 Å². The zero-order valence-corrected chi connectivity index (χ0v) is 22.5. The Balaban J connectivity index is 1.96. The van der Waals surface area contributed by atoms with Crippen molar-refractivity contribution in [1.82, 2.24) is 9.80 Å². The topological polar surface area (TPSA) is 96.4 Å². The molecule has 0 saturated carbocycles. The molecule has 4 aliphatic rings. The summed E-state index contributed by atoms with van der Waals surface area (Å²) in [5, 5.41) is 10.5. The minimum Gasteiger partial charge on any atom is -0.465 e. The zero-order valence-electron chi connectivity index (χ0n) is 22.5. The number of cyclic esters (lactones) is 1. The number of allylic oxidation sites excluding steroid dienone is 1. The van der Waals surface area contributed by atoms with Gasteiger partial charge in [-0.15, -0.1) is 0 Å². The quantitative estimate of drug-likeness (QED) is 0.459. The predicted octanol–water partition coefficient (Wildman–Crippen LogP) is 2.84. The average Bonchev–Trinajstić information content (AvgIpc) is 3.20. The summed E-state index contributed by atoms with van der Waals surface area (Å²) in [5.74, 6) is -2.86. The molecule has 0 radical (unpaired) electrons. The number of aliphatic hydroxyl groups is 1. The molecule has 7 atom stereocenters. The molecule has 2 saturated heterocycles. The van der Waals surface area contributed by atoms with Gasteiger partial charge in [0.25, 0.3) is 0 Å². The second-order valence-electron chi connectivity index (χ2n) is 11.7. The third-order valence-corrected chi connectivity index (χ3v) is 8.73. The third kappa shape index (κ3) is 3.92. The zero-order chi connectivity index (χ0) is 26.5. The van der Waals surface area contributed by atoms with Crippen LogP contribution >= 0.6 is 0 Å². The molecule has 2 amide bonds. The monoisotopic (exact) mass is 502 g/mol. The lowest BCUT2D eigenvalue weighted by Gasteiger charge is -2.44. The number of hydrogen-bond acceptors (Lipinski definition) is 6. The van der Waals surface area contributed by atoms with Crippen molar-refractivity contribution in [2.45, 2.75) is 96.1 Å². The van der Waals surface area contributed by atoms with E-state index in [2.05, 4.69) is 0 Å². The molecule has 36 heavy (non-hydrogen) atoms. The molecule has 4 heterocycles. The lowest BCUT2D eigenvalue weighted by Crippen LogP contribution is -2.62. The maximum absolute atomic E-state index is 14.4. The number of ether oxygens (including phenoxy) is 2. The number of esters is 1. The fourth-order valence-corrected chi connectivity index (χ4v) is 6.59. The highest BCUT2D eigenvalue weighted by Crippen LogP contribution is 2.59. The van der Waals surface area contributed by atoms with Crippen LogP contribution in [0.15, 0.2) is 24.3 Å². The van der Waals surface area contributed by atoms with E-state index in [-0.39, 0.29) is 30.9 Å². The van der Waals surface area contributed by atoms with Crippen molar-refractivity contribution in [2.24, 2.45) is 17.8 Å². The first kappa shape index (κ1) is 26.9. The fourth-order valence-electron chi connectivity index (χ4n) is 6.59. The van der Waals surface area contributed by atoms with Crippen molar-refractivity contribution < 1.29 is 29.0 Å². The van der Waals surface area contributed by atoms with Crippen LogP contribution in [0, 0.1) is 17.8 Å². The van der Waals surface area contributed by atoms with Crippen LogP contribution in [0.1, 0.15) is 67.2 Å². The van der Waals surface area contributed by atoms with Crippen LogP contribution in [-0.2, 0) is 23.9 Å². The number of amides is 2. The fraction of sp³-hybridized carbons (Fsp3) is 0.750. The number of likely N-dealkylation sites (tertiary alicyclic amines) is 1. The van der Waals surface area contributed by atoms with Crippen LogP contribution in [0.25, 0.3) is 0 Å². The second kappa shape index (κ2) is 9.60. The average molecular weight is 503 g/mol. The molecular weight excluding hydrogens is 460 g/mol. The predicted molar refractivity (Wildman–Crippen MR) is 135 cm³/mol. The van der Waals surface area contributed by atoms with Gasteiger partial charge in [0, 0.05) is 12.1 Å². The largest absolute Gasteiger partial charge is 0.465 e. The standard InChI is InChI=1S/C28H42N2O6/c1-7-18(3)19(17-31)30-22-24(33)29(26(4,5)6)15-12-14-28(22)20(23(30)32)21-25(34)35-16-11-9-10-13-27(21,8-2)36-28/h10,12-14,18-22,31H,7-9,11,15-17H2,1-6H3/b13-10-/t18-,19-,20-,21-,22?,27+,28-/m0/s1. The van der Waals surface area contributed by atoms with Gasteiger partial charge in [-0.25, -0.2) is 0 Å². The van der Waals surface area contributed by atoms with E-state index >= 15 is 0 Å². The highest BCUT2D eigenvalue weighted by Gasteiger charge is 2.76. The number of hydrogen-bond donors (Lipinski definition) is 1. The van der Waals surface area contributed by atoms with E-state index in [0.29, 0.717) is 19.4 Å². The van der Waals surface area contributed by atoms with Gasteiger partial charge in [-0.05, 0) is 46.0 Å². The number of nitrogens with zero attached hydrogens (tertiary/aromatic N) is 2. The summed E-state index contributed by atoms with van der Waals surface area (Å²) < 4.78 is 12.6. The van der Waals surface area contributed by atoms with Crippen LogP contribution in [0.2, 0.25) is 0 Å². The molecule has 0 aromatic carbocycles. The molecule has 4 aliphatic heterocycles. The van der Waals surface area contributed by atoms with E-state index in [1.807, 2.05) is 65.8 Å². The molecule has 0 aromatic rings. The summed E-state index contributed by atoms with van der Waals surface area (Å²) in [6.45, 7) is 12.2. The van der Waals surface area contributed by atoms with Crippen LogP contribution in [0.3, 0.4) is 0 Å². The summed E-state index contributed by atoms with van der Waals surface area (Å²) in [7, 11) is 0. The Morgan fingerprint density at radius 3 is 2.44 bits per heavy atom. The normalized spacial score (nSPS) is 37.2. The first-order valence-corrected chi connectivity index (χ1v) is 13.5. The van der Waals surface area contributed by atoms with Gasteiger partial charge in [0.1, 0.15) is 23.2 Å². The SMILES string of the molecule is CC[C@H](C)[C@H](CO)N1C(=O)[C@@H]2[C@H]3C(=O)OCCC/C=C\[C@@]3(CC)O[C@@]23C=CCN(C(C)(C)C)C(=O)C13. The number of aliphatic hydroxyl groups excluding tert-OH is 1. The molecule has 1 unspecified atom stereocenters. The molecule has 2 fully saturated rings. The minimum atomic E-state index is -1.34. The van der Waals surface area contributed by atoms with Crippen LogP contribution < -0.4 is 0 Å². The van der Waals surface area contributed by atoms with E-state index in [1.54, 1.807) is 9.80 Å². The molecule has 0 aliphatic carbocycles. The molecule has 0 bridgehead atoms. The molecule has 1 N–H and O–H groups in total. The van der Waals surface area contributed by atoms with Gasteiger partial charge >= 0.3 is 5.97 Å². The van der Waals surface area contributed by atoms with Gasteiger partial charge in [-0.3, -0.25) is 14.4 Å². The highest BCUT2D eigenvalue weighted by atomic mass is 16.6. The van der Waals surface area contributed by atoms with Crippen LogP contribution in [0.5, 0.6) is 0 Å². The summed E-state index contributed by atoms with van der Waals surface area (Å²) in [5.41, 5.74) is -2.89. The molecule has 8 heteroatoms. The summed E-state index contributed by atoms with van der Waals surface area (Å²) in [6, 6.07) is -1.56. The lowest BCUT2D eigenvalue weighted by molar-refractivity contribution is -0.165. The van der Waals surface area contributed by atoms with E-state index < -0.39 is 46.6 Å². The Kier molecular flexibility index (Phi) is 7.16. The summed E-state index contributed by atoms with van der Waals surface area (Å²) in [6.07, 6.45) is 10.3. The molecule has 0 aromatic heterocycles. The number of fused-ring (bicyclic) bond motifs is 2. The Morgan fingerprint density at radius 2 is 1.83 bits per heavy atom. The first-order valence-electron chi connectivity index (χ1n) is 13.5. The van der Waals surface area contributed by atoms with Crippen molar-refractivity contribution in [3.63, 3.8) is 0 Å². The van der Waals surface area contributed by atoms with Gasteiger partial charge in [0.2, 0.25) is 11.8 Å². The Bertz CT molecular complexity index is 954. The minimum absolute atomic E-state index is 0.0544. The van der Waals surface area contributed by atoms with Gasteiger partial charge in [-0.1, -0.05) is 51.5 Å². The van der Waals surface area contributed by atoms with Gasteiger partial charge in [0.05, 0.1) is 25.2 Å². The van der Waals surface area contributed by atoms with Crippen molar-refractivity contribution in [3.8, 4) is 0 Å². The van der Waals surface area contributed by atoms with Crippen LogP contribution in [-0.4, -0.2) is 81.3 Å². The summed E-state index contributed by atoms with van der Waals surface area (Å²) in [4.78, 5) is 45.7. The highest BCUT2D eigenvalue weighted by molar-refractivity contribution is 5.99. The molecule has 1 spiro atoms.